The average Bonchev–Trinajstić information content (AvgIpc) is 3.23. The zero-order valence-electron chi connectivity index (χ0n) is 17.6. The molecule has 0 spiro atoms. The number of pyridine rings is 2. The summed E-state index contributed by atoms with van der Waals surface area (Å²) in [4.78, 5) is 21.5. The van der Waals surface area contributed by atoms with E-state index in [-0.39, 0.29) is 5.56 Å². The molecule has 0 N–H and O–H groups in total. The smallest absolute Gasteiger partial charge is 0.261 e. The van der Waals surface area contributed by atoms with Gasteiger partial charge < -0.3 is 0 Å². The summed E-state index contributed by atoms with van der Waals surface area (Å²) in [6.07, 6.45) is 6.94. The first-order valence-electron chi connectivity index (χ1n) is 10.1. The zero-order chi connectivity index (χ0) is 22.1. The second kappa shape index (κ2) is 8.39. The Labute approximate surface area is 188 Å². The number of hydrogen-bond acceptors (Lipinski definition) is 6. The molecule has 0 radical (unpaired) electrons. The number of thioether (sulfide) groups is 1. The minimum atomic E-state index is -0.0671. The van der Waals surface area contributed by atoms with Gasteiger partial charge in [-0.25, -0.2) is 4.98 Å². The van der Waals surface area contributed by atoms with Gasteiger partial charge in [0, 0.05) is 41.7 Å². The highest BCUT2D eigenvalue weighted by Gasteiger charge is 2.18. The molecule has 7 nitrogen and oxygen atoms in total. The maximum absolute atomic E-state index is 13.0. The predicted molar refractivity (Wildman–Crippen MR) is 125 cm³/mol. The Bertz CT molecular complexity index is 1480. The van der Waals surface area contributed by atoms with Crippen molar-refractivity contribution in [3.63, 3.8) is 0 Å². The lowest BCUT2D eigenvalue weighted by atomic mass is 10.2. The van der Waals surface area contributed by atoms with Crippen molar-refractivity contribution >= 4 is 17.4 Å². The molecule has 0 amide bonds. The first-order chi connectivity index (χ1) is 15.6. The van der Waals surface area contributed by atoms with E-state index in [1.807, 2.05) is 60.2 Å². The van der Waals surface area contributed by atoms with Gasteiger partial charge in [-0.15, -0.1) is 10.2 Å². The van der Waals surface area contributed by atoms with Gasteiger partial charge in [-0.1, -0.05) is 36.0 Å². The molecule has 5 rings (SSSR count). The molecule has 0 saturated carbocycles. The Kier molecular flexibility index (Phi) is 5.28. The fourth-order valence-corrected chi connectivity index (χ4v) is 4.44. The van der Waals surface area contributed by atoms with E-state index >= 15 is 0 Å². The second-order valence-corrected chi connectivity index (χ2v) is 8.42. The summed E-state index contributed by atoms with van der Waals surface area (Å²) in [7, 11) is 0. The normalized spacial score (nSPS) is 11.2. The van der Waals surface area contributed by atoms with Crippen LogP contribution in [0.15, 0.2) is 83.3 Å². The summed E-state index contributed by atoms with van der Waals surface area (Å²) >= 11 is 1.47. The topological polar surface area (TPSA) is 78.0 Å². The van der Waals surface area contributed by atoms with Crippen LogP contribution in [-0.2, 0) is 5.75 Å². The van der Waals surface area contributed by atoms with Gasteiger partial charge in [-0.3, -0.25) is 18.7 Å². The first-order valence-corrected chi connectivity index (χ1v) is 11.1. The third-order valence-corrected chi connectivity index (χ3v) is 6.18. The fraction of sp³-hybridized carbons (Fsp3) is 0.125. The van der Waals surface area contributed by atoms with Crippen molar-refractivity contribution in [1.29, 1.82) is 0 Å². The van der Waals surface area contributed by atoms with Crippen molar-refractivity contribution in [3.05, 3.63) is 100 Å². The van der Waals surface area contributed by atoms with E-state index in [9.17, 15) is 4.79 Å². The van der Waals surface area contributed by atoms with E-state index in [1.165, 1.54) is 11.8 Å². The molecule has 0 aliphatic rings. The van der Waals surface area contributed by atoms with E-state index in [4.69, 9.17) is 0 Å². The third-order valence-electron chi connectivity index (χ3n) is 5.21. The number of benzene rings is 1. The molecule has 8 heteroatoms. The highest BCUT2D eigenvalue weighted by molar-refractivity contribution is 7.98. The van der Waals surface area contributed by atoms with Crippen LogP contribution < -0.4 is 5.56 Å². The Hall–Kier alpha value is -3.78. The van der Waals surface area contributed by atoms with Crippen LogP contribution >= 0.6 is 11.8 Å². The number of para-hydroxylation sites is 1. The van der Waals surface area contributed by atoms with E-state index in [2.05, 4.69) is 33.2 Å². The number of nitrogens with zero attached hydrogens (tertiary/aromatic N) is 6. The van der Waals surface area contributed by atoms with Crippen LogP contribution in [0.2, 0.25) is 0 Å². The van der Waals surface area contributed by atoms with Crippen molar-refractivity contribution < 1.29 is 0 Å². The minimum Gasteiger partial charge on any atom is -0.270 e. The van der Waals surface area contributed by atoms with Crippen molar-refractivity contribution in [2.24, 2.45) is 0 Å². The Morgan fingerprint density at radius 1 is 0.969 bits per heavy atom. The molecule has 5 aromatic rings. The van der Waals surface area contributed by atoms with Crippen molar-refractivity contribution in [1.82, 2.24) is 29.1 Å². The number of hydrogen-bond donors (Lipinski definition) is 0. The summed E-state index contributed by atoms with van der Waals surface area (Å²) in [5, 5.41) is 9.63. The summed E-state index contributed by atoms with van der Waals surface area (Å²) < 4.78 is 3.63. The summed E-state index contributed by atoms with van der Waals surface area (Å²) in [5.74, 6) is 1.16. The molecule has 32 heavy (non-hydrogen) atoms. The number of rotatable bonds is 5. The summed E-state index contributed by atoms with van der Waals surface area (Å²) in [6.45, 7) is 4.01. The Morgan fingerprint density at radius 2 is 1.78 bits per heavy atom. The molecular formula is C24H20N6OS. The molecule has 1 aromatic carbocycles. The zero-order valence-corrected chi connectivity index (χ0v) is 18.5. The lowest BCUT2D eigenvalue weighted by molar-refractivity contribution is 0.879. The summed E-state index contributed by atoms with van der Waals surface area (Å²) in [5.41, 5.74) is 5.21. The SMILES string of the molecule is Cc1ccc2ncc(CSc3nnc(-c4ccncc4)n3-c3ccccc3C)c(=O)n2c1. The lowest BCUT2D eigenvalue weighted by Gasteiger charge is -2.13. The maximum Gasteiger partial charge on any atom is 0.261 e. The van der Waals surface area contributed by atoms with Gasteiger partial charge in [0.25, 0.3) is 5.56 Å². The summed E-state index contributed by atoms with van der Waals surface area (Å²) in [6, 6.07) is 15.7. The van der Waals surface area contributed by atoms with Crippen LogP contribution in [0.4, 0.5) is 0 Å². The van der Waals surface area contributed by atoms with Crippen molar-refractivity contribution in [3.8, 4) is 17.1 Å². The molecule has 4 heterocycles. The third kappa shape index (κ3) is 3.69. The molecule has 0 aliphatic heterocycles. The maximum atomic E-state index is 13.0. The number of fused-ring (bicyclic) bond motifs is 1. The number of aromatic nitrogens is 6. The molecule has 0 saturated heterocycles. The van der Waals surface area contributed by atoms with Crippen LogP contribution in [0, 0.1) is 13.8 Å². The van der Waals surface area contributed by atoms with E-state index in [1.54, 1.807) is 23.0 Å². The average molecular weight is 441 g/mol. The van der Waals surface area contributed by atoms with Crippen molar-refractivity contribution in [2.45, 2.75) is 24.8 Å². The van der Waals surface area contributed by atoms with Gasteiger partial charge in [0.2, 0.25) is 0 Å². The Balaban J connectivity index is 1.56. The molecule has 0 aliphatic carbocycles. The molecule has 0 unspecified atom stereocenters. The first kappa shape index (κ1) is 20.1. The largest absolute Gasteiger partial charge is 0.270 e. The van der Waals surface area contributed by atoms with Gasteiger partial charge in [-0.2, -0.15) is 0 Å². The monoisotopic (exact) mass is 440 g/mol. The highest BCUT2D eigenvalue weighted by atomic mass is 32.2. The molecule has 0 atom stereocenters. The molecule has 4 aromatic heterocycles. The molecule has 158 valence electrons. The highest BCUT2D eigenvalue weighted by Crippen LogP contribution is 2.30. The standard InChI is InChI=1S/C24H20N6OS/c1-16-7-8-21-26-13-19(23(31)29(21)14-16)15-32-24-28-27-22(18-9-11-25-12-10-18)30(24)20-6-4-3-5-17(20)2/h3-14H,15H2,1-2H3. The van der Waals surface area contributed by atoms with Crippen LogP contribution in [-0.4, -0.2) is 29.1 Å². The van der Waals surface area contributed by atoms with Crippen LogP contribution in [0.25, 0.3) is 22.7 Å². The van der Waals surface area contributed by atoms with Crippen LogP contribution in [0.1, 0.15) is 16.7 Å². The number of aryl methyl sites for hydroxylation is 2. The molecular weight excluding hydrogens is 420 g/mol. The van der Waals surface area contributed by atoms with Gasteiger partial charge in [0.05, 0.1) is 5.69 Å². The van der Waals surface area contributed by atoms with Gasteiger partial charge in [0.15, 0.2) is 11.0 Å². The molecule has 0 fully saturated rings. The van der Waals surface area contributed by atoms with E-state index in [0.29, 0.717) is 22.1 Å². The van der Waals surface area contributed by atoms with Crippen molar-refractivity contribution in [2.75, 3.05) is 0 Å². The van der Waals surface area contributed by atoms with Gasteiger partial charge in [0.1, 0.15) is 5.65 Å². The lowest BCUT2D eigenvalue weighted by Crippen LogP contribution is -2.19. The van der Waals surface area contributed by atoms with E-state index in [0.717, 1.165) is 28.2 Å². The Morgan fingerprint density at radius 3 is 2.59 bits per heavy atom. The van der Waals surface area contributed by atoms with Gasteiger partial charge >= 0.3 is 0 Å². The van der Waals surface area contributed by atoms with Crippen LogP contribution in [0.5, 0.6) is 0 Å². The van der Waals surface area contributed by atoms with E-state index < -0.39 is 0 Å². The fourth-order valence-electron chi connectivity index (χ4n) is 3.55. The van der Waals surface area contributed by atoms with Crippen LogP contribution in [0.3, 0.4) is 0 Å². The molecule has 0 bridgehead atoms. The quantitative estimate of drug-likeness (QED) is 0.380. The second-order valence-electron chi connectivity index (χ2n) is 7.48. The predicted octanol–water partition coefficient (Wildman–Crippen LogP) is 4.25. The minimum absolute atomic E-state index is 0.0671. The van der Waals surface area contributed by atoms with Gasteiger partial charge in [-0.05, 0) is 49.2 Å².